The van der Waals surface area contributed by atoms with Crippen LogP contribution in [0.5, 0.6) is 0 Å². The van der Waals surface area contributed by atoms with Crippen molar-refractivity contribution in [2.45, 2.75) is 32.1 Å². The van der Waals surface area contributed by atoms with Crippen molar-refractivity contribution in [3.8, 4) is 0 Å². The summed E-state index contributed by atoms with van der Waals surface area (Å²) in [6.45, 7) is 2.67. The summed E-state index contributed by atoms with van der Waals surface area (Å²) in [5, 5.41) is 6.33. The van der Waals surface area contributed by atoms with Crippen LogP contribution >= 0.6 is 0 Å². The molecular formula is C16H24N2O. The van der Waals surface area contributed by atoms with Crippen LogP contribution < -0.4 is 10.6 Å². The van der Waals surface area contributed by atoms with Gasteiger partial charge in [-0.25, -0.2) is 0 Å². The van der Waals surface area contributed by atoms with Gasteiger partial charge in [-0.3, -0.25) is 4.79 Å². The van der Waals surface area contributed by atoms with Gasteiger partial charge in [0, 0.05) is 19.0 Å². The average Bonchev–Trinajstić information content (AvgIpc) is 3.27. The number of carbonyl (C=O) groups is 1. The first-order chi connectivity index (χ1) is 9.36. The van der Waals surface area contributed by atoms with Crippen LogP contribution in [-0.4, -0.2) is 25.5 Å². The van der Waals surface area contributed by atoms with Gasteiger partial charge in [0.25, 0.3) is 0 Å². The zero-order valence-electron chi connectivity index (χ0n) is 11.5. The number of hydrogen-bond acceptors (Lipinski definition) is 2. The van der Waals surface area contributed by atoms with Gasteiger partial charge in [0.1, 0.15) is 0 Å². The molecule has 0 atom stereocenters. The molecule has 104 valence electrons. The zero-order chi connectivity index (χ0) is 13.3. The predicted molar refractivity (Wildman–Crippen MR) is 78.0 cm³/mol. The third-order valence-corrected chi connectivity index (χ3v) is 3.46. The Hall–Kier alpha value is -1.35. The van der Waals surface area contributed by atoms with Gasteiger partial charge in [-0.1, -0.05) is 30.3 Å². The predicted octanol–water partition coefficient (Wildman–Crippen LogP) is 2.13. The molecule has 1 aliphatic carbocycles. The van der Waals surface area contributed by atoms with Crippen molar-refractivity contribution in [2.24, 2.45) is 5.92 Å². The van der Waals surface area contributed by atoms with E-state index in [9.17, 15) is 4.79 Å². The molecule has 0 aromatic heterocycles. The first-order valence-corrected chi connectivity index (χ1v) is 7.38. The minimum absolute atomic E-state index is 0.242. The molecule has 0 unspecified atom stereocenters. The summed E-state index contributed by atoms with van der Waals surface area (Å²) in [7, 11) is 0. The molecule has 0 heterocycles. The number of amides is 1. The van der Waals surface area contributed by atoms with E-state index >= 15 is 0 Å². The van der Waals surface area contributed by atoms with Crippen molar-refractivity contribution in [3.05, 3.63) is 35.9 Å². The van der Waals surface area contributed by atoms with E-state index in [0.29, 0.717) is 5.92 Å². The van der Waals surface area contributed by atoms with E-state index < -0.39 is 0 Å². The standard InChI is InChI=1S/C16H24N2O/c19-16(15-9-10-15)18-13-12-17-11-5-4-8-14-6-2-1-3-7-14/h1-3,6-7,15,17H,4-5,8-13H2,(H,18,19). The SMILES string of the molecule is O=C(NCCNCCCCc1ccccc1)C1CC1. The Labute approximate surface area is 115 Å². The Morgan fingerprint density at radius 1 is 1.05 bits per heavy atom. The van der Waals surface area contributed by atoms with Crippen LogP contribution in [0.3, 0.4) is 0 Å². The van der Waals surface area contributed by atoms with Crippen LogP contribution in [0.2, 0.25) is 0 Å². The lowest BCUT2D eigenvalue weighted by atomic mass is 10.1. The molecule has 3 heteroatoms. The molecule has 2 rings (SSSR count). The van der Waals surface area contributed by atoms with Crippen LogP contribution in [0.15, 0.2) is 30.3 Å². The van der Waals surface area contributed by atoms with Gasteiger partial charge in [0.2, 0.25) is 5.91 Å². The fraction of sp³-hybridized carbons (Fsp3) is 0.562. The van der Waals surface area contributed by atoms with E-state index in [0.717, 1.165) is 38.9 Å². The van der Waals surface area contributed by atoms with Gasteiger partial charge >= 0.3 is 0 Å². The second kappa shape index (κ2) is 7.95. The van der Waals surface area contributed by atoms with Crippen LogP contribution in [0.4, 0.5) is 0 Å². The van der Waals surface area contributed by atoms with E-state index in [1.807, 2.05) is 0 Å². The largest absolute Gasteiger partial charge is 0.355 e. The molecule has 1 aromatic carbocycles. The van der Waals surface area contributed by atoms with Gasteiger partial charge in [0.05, 0.1) is 0 Å². The van der Waals surface area contributed by atoms with Crippen LogP contribution in [-0.2, 0) is 11.2 Å². The quantitative estimate of drug-likeness (QED) is 0.668. The smallest absolute Gasteiger partial charge is 0.223 e. The summed E-state index contributed by atoms with van der Waals surface area (Å²) in [6, 6.07) is 10.6. The highest BCUT2D eigenvalue weighted by molar-refractivity contribution is 5.80. The van der Waals surface area contributed by atoms with E-state index in [1.165, 1.54) is 18.4 Å². The Morgan fingerprint density at radius 2 is 1.84 bits per heavy atom. The minimum atomic E-state index is 0.242. The third-order valence-electron chi connectivity index (χ3n) is 3.46. The molecule has 2 N–H and O–H groups in total. The normalized spacial score (nSPS) is 14.3. The summed E-state index contributed by atoms with van der Waals surface area (Å²) < 4.78 is 0. The molecule has 0 spiro atoms. The number of benzene rings is 1. The van der Waals surface area contributed by atoms with Gasteiger partial charge in [0.15, 0.2) is 0 Å². The topological polar surface area (TPSA) is 41.1 Å². The fourth-order valence-corrected chi connectivity index (χ4v) is 2.11. The van der Waals surface area contributed by atoms with Gasteiger partial charge < -0.3 is 10.6 Å². The van der Waals surface area contributed by atoms with Crippen molar-refractivity contribution < 1.29 is 4.79 Å². The van der Waals surface area contributed by atoms with Crippen molar-refractivity contribution in [1.29, 1.82) is 0 Å². The fourth-order valence-electron chi connectivity index (χ4n) is 2.11. The van der Waals surface area contributed by atoms with Crippen molar-refractivity contribution in [1.82, 2.24) is 10.6 Å². The molecule has 0 radical (unpaired) electrons. The number of hydrogen-bond donors (Lipinski definition) is 2. The van der Waals surface area contributed by atoms with Gasteiger partial charge in [-0.15, -0.1) is 0 Å². The van der Waals surface area contributed by atoms with Crippen LogP contribution in [0.25, 0.3) is 0 Å². The third kappa shape index (κ3) is 5.88. The van der Waals surface area contributed by atoms with Crippen molar-refractivity contribution >= 4 is 5.91 Å². The maximum Gasteiger partial charge on any atom is 0.223 e. The zero-order valence-corrected chi connectivity index (χ0v) is 11.5. The lowest BCUT2D eigenvalue weighted by Crippen LogP contribution is -2.33. The number of carbonyl (C=O) groups excluding carboxylic acids is 1. The van der Waals surface area contributed by atoms with Gasteiger partial charge in [-0.2, -0.15) is 0 Å². The summed E-state index contributed by atoms with van der Waals surface area (Å²) in [4.78, 5) is 11.4. The number of rotatable bonds is 9. The highest BCUT2D eigenvalue weighted by Crippen LogP contribution is 2.28. The maximum absolute atomic E-state index is 11.4. The Kier molecular flexibility index (Phi) is 5.89. The molecule has 0 aliphatic heterocycles. The van der Waals surface area contributed by atoms with Crippen LogP contribution in [0.1, 0.15) is 31.2 Å². The second-order valence-electron chi connectivity index (χ2n) is 5.26. The Morgan fingerprint density at radius 3 is 2.58 bits per heavy atom. The molecule has 0 bridgehead atoms. The molecule has 1 amide bonds. The highest BCUT2D eigenvalue weighted by Gasteiger charge is 2.28. The summed E-state index contributed by atoms with van der Waals surface area (Å²) in [5.41, 5.74) is 1.42. The lowest BCUT2D eigenvalue weighted by Gasteiger charge is -2.06. The first-order valence-electron chi connectivity index (χ1n) is 7.38. The number of unbranched alkanes of at least 4 members (excludes halogenated alkanes) is 1. The molecule has 1 aromatic rings. The minimum Gasteiger partial charge on any atom is -0.355 e. The molecule has 1 saturated carbocycles. The van der Waals surface area contributed by atoms with Crippen molar-refractivity contribution in [3.63, 3.8) is 0 Å². The Bertz CT molecular complexity index is 374. The molecule has 1 aliphatic rings. The summed E-state index contributed by atoms with van der Waals surface area (Å²) in [6.07, 6.45) is 5.72. The van der Waals surface area contributed by atoms with E-state index in [2.05, 4.69) is 41.0 Å². The monoisotopic (exact) mass is 260 g/mol. The molecule has 1 fully saturated rings. The second-order valence-corrected chi connectivity index (χ2v) is 5.26. The first kappa shape index (κ1) is 14.1. The lowest BCUT2D eigenvalue weighted by molar-refractivity contribution is -0.122. The molecule has 3 nitrogen and oxygen atoms in total. The van der Waals surface area contributed by atoms with Gasteiger partial charge in [-0.05, 0) is 44.2 Å². The maximum atomic E-state index is 11.4. The molecular weight excluding hydrogens is 236 g/mol. The molecule has 19 heavy (non-hydrogen) atoms. The van der Waals surface area contributed by atoms with Crippen LogP contribution in [0, 0.1) is 5.92 Å². The number of nitrogens with one attached hydrogen (secondary N) is 2. The average molecular weight is 260 g/mol. The summed E-state index contributed by atoms with van der Waals surface area (Å²) >= 11 is 0. The van der Waals surface area contributed by atoms with E-state index in [-0.39, 0.29) is 5.91 Å². The van der Waals surface area contributed by atoms with Crippen molar-refractivity contribution in [2.75, 3.05) is 19.6 Å². The Balaban J connectivity index is 1.39. The highest BCUT2D eigenvalue weighted by atomic mass is 16.2. The van der Waals surface area contributed by atoms with E-state index in [4.69, 9.17) is 0 Å². The summed E-state index contributed by atoms with van der Waals surface area (Å²) in [5.74, 6) is 0.566. The molecule has 0 saturated heterocycles. The number of aryl methyl sites for hydroxylation is 1. The van der Waals surface area contributed by atoms with E-state index in [1.54, 1.807) is 0 Å².